The summed E-state index contributed by atoms with van der Waals surface area (Å²) >= 11 is 1.29. The summed E-state index contributed by atoms with van der Waals surface area (Å²) in [5, 5.41) is 11.7. The molecule has 2 heterocycles. The quantitative estimate of drug-likeness (QED) is 0.768. The Labute approximate surface area is 83.8 Å². The molecular formula is C8H7FN4S. The number of aromatic nitrogens is 3. The number of hydrogen-bond donors (Lipinski definition) is 1. The summed E-state index contributed by atoms with van der Waals surface area (Å²) in [6.45, 7) is 0. The van der Waals surface area contributed by atoms with Crippen molar-refractivity contribution in [2.75, 3.05) is 12.4 Å². The maximum atomic E-state index is 13.2. The lowest BCUT2D eigenvalue weighted by atomic mass is 10.3. The minimum absolute atomic E-state index is 0.381. The smallest absolute Gasteiger partial charge is 0.223 e. The van der Waals surface area contributed by atoms with Crippen molar-refractivity contribution in [2.45, 2.75) is 0 Å². The number of halogens is 1. The summed E-state index contributed by atoms with van der Waals surface area (Å²) in [5.74, 6) is -0.522. The average Bonchev–Trinajstić information content (AvgIpc) is 2.67. The highest BCUT2D eigenvalue weighted by molar-refractivity contribution is 7.18. The van der Waals surface area contributed by atoms with E-state index in [9.17, 15) is 4.39 Å². The van der Waals surface area contributed by atoms with Gasteiger partial charge in [-0.1, -0.05) is 11.3 Å². The second kappa shape index (κ2) is 3.67. The van der Waals surface area contributed by atoms with E-state index in [1.54, 1.807) is 19.2 Å². The summed E-state index contributed by atoms with van der Waals surface area (Å²) in [6.07, 6.45) is 1.40. The van der Waals surface area contributed by atoms with E-state index in [2.05, 4.69) is 20.5 Å². The highest BCUT2D eigenvalue weighted by atomic mass is 32.1. The van der Waals surface area contributed by atoms with Crippen LogP contribution in [0.1, 0.15) is 0 Å². The molecule has 0 unspecified atom stereocenters. The van der Waals surface area contributed by atoms with Gasteiger partial charge in [0.2, 0.25) is 11.1 Å². The van der Waals surface area contributed by atoms with Gasteiger partial charge in [0.15, 0.2) is 5.01 Å². The number of pyridine rings is 1. The molecule has 0 radical (unpaired) electrons. The third-order valence-corrected chi connectivity index (χ3v) is 2.60. The van der Waals surface area contributed by atoms with E-state index < -0.39 is 5.95 Å². The van der Waals surface area contributed by atoms with E-state index in [0.29, 0.717) is 15.7 Å². The minimum Gasteiger partial charge on any atom is -0.363 e. The standard InChI is InChI=1S/C8H7FN4S/c1-10-8-13-12-7(14-8)5-3-2-4-11-6(5)9/h2-4H,1H3,(H,10,13). The SMILES string of the molecule is CNc1nnc(-c2cccnc2F)s1. The predicted octanol–water partition coefficient (Wildman–Crippen LogP) is 1.78. The molecule has 2 aromatic heterocycles. The number of anilines is 1. The van der Waals surface area contributed by atoms with Crippen molar-refractivity contribution in [3.05, 3.63) is 24.3 Å². The second-order valence-corrected chi connectivity index (χ2v) is 3.48. The minimum atomic E-state index is -0.522. The van der Waals surface area contributed by atoms with Crippen molar-refractivity contribution >= 4 is 16.5 Å². The van der Waals surface area contributed by atoms with E-state index in [4.69, 9.17) is 0 Å². The zero-order valence-corrected chi connectivity index (χ0v) is 8.18. The first-order valence-electron chi connectivity index (χ1n) is 3.93. The Bertz CT molecular complexity index is 442. The monoisotopic (exact) mass is 210 g/mol. The van der Waals surface area contributed by atoms with Crippen LogP contribution in [0.5, 0.6) is 0 Å². The molecule has 0 saturated heterocycles. The van der Waals surface area contributed by atoms with Gasteiger partial charge in [0.1, 0.15) is 0 Å². The summed E-state index contributed by atoms with van der Waals surface area (Å²) in [6, 6.07) is 3.29. The topological polar surface area (TPSA) is 50.7 Å². The van der Waals surface area contributed by atoms with E-state index in [-0.39, 0.29) is 0 Å². The normalized spacial score (nSPS) is 10.1. The number of hydrogen-bond acceptors (Lipinski definition) is 5. The van der Waals surface area contributed by atoms with Crippen LogP contribution in [0.25, 0.3) is 10.6 Å². The van der Waals surface area contributed by atoms with Gasteiger partial charge in [-0.2, -0.15) is 4.39 Å². The zero-order chi connectivity index (χ0) is 9.97. The van der Waals surface area contributed by atoms with Gasteiger partial charge in [0.05, 0.1) is 5.56 Å². The first-order valence-corrected chi connectivity index (χ1v) is 4.75. The van der Waals surface area contributed by atoms with E-state index in [1.165, 1.54) is 17.5 Å². The molecule has 0 saturated carbocycles. The molecule has 0 spiro atoms. The molecule has 0 bridgehead atoms. The van der Waals surface area contributed by atoms with Crippen LogP contribution in [0.3, 0.4) is 0 Å². The van der Waals surface area contributed by atoms with Crippen molar-refractivity contribution < 1.29 is 4.39 Å². The van der Waals surface area contributed by atoms with Crippen LogP contribution in [0.4, 0.5) is 9.52 Å². The molecule has 0 aliphatic heterocycles. The van der Waals surface area contributed by atoms with Crippen LogP contribution in [-0.2, 0) is 0 Å². The average molecular weight is 210 g/mol. The van der Waals surface area contributed by atoms with Crippen LogP contribution in [-0.4, -0.2) is 22.2 Å². The van der Waals surface area contributed by atoms with Gasteiger partial charge in [0.25, 0.3) is 0 Å². The lowest BCUT2D eigenvalue weighted by molar-refractivity contribution is 0.587. The van der Waals surface area contributed by atoms with Crippen LogP contribution in [0.2, 0.25) is 0 Å². The first kappa shape index (κ1) is 9.01. The molecule has 0 amide bonds. The van der Waals surface area contributed by atoms with Gasteiger partial charge < -0.3 is 5.32 Å². The van der Waals surface area contributed by atoms with Crippen molar-refractivity contribution in [3.8, 4) is 10.6 Å². The Balaban J connectivity index is 2.44. The summed E-state index contributed by atoms with van der Waals surface area (Å²) in [7, 11) is 1.74. The third-order valence-electron chi connectivity index (χ3n) is 1.63. The van der Waals surface area contributed by atoms with E-state index in [1.807, 2.05) is 0 Å². The molecule has 6 heteroatoms. The molecule has 0 aromatic carbocycles. The fraction of sp³-hybridized carbons (Fsp3) is 0.125. The molecular weight excluding hydrogens is 203 g/mol. The van der Waals surface area contributed by atoms with Crippen LogP contribution < -0.4 is 5.32 Å². The van der Waals surface area contributed by atoms with Gasteiger partial charge >= 0.3 is 0 Å². The largest absolute Gasteiger partial charge is 0.363 e. The maximum Gasteiger partial charge on any atom is 0.223 e. The molecule has 0 aliphatic carbocycles. The Hall–Kier alpha value is -1.56. The predicted molar refractivity (Wildman–Crippen MR) is 52.6 cm³/mol. The summed E-state index contributed by atoms with van der Waals surface area (Å²) in [5.41, 5.74) is 0.381. The van der Waals surface area contributed by atoms with E-state index in [0.717, 1.165) is 0 Å². The highest BCUT2D eigenvalue weighted by Gasteiger charge is 2.10. The van der Waals surface area contributed by atoms with E-state index >= 15 is 0 Å². The van der Waals surface area contributed by atoms with Crippen molar-refractivity contribution in [2.24, 2.45) is 0 Å². The number of rotatable bonds is 2. The molecule has 2 rings (SSSR count). The fourth-order valence-electron chi connectivity index (χ4n) is 0.979. The number of nitrogens with zero attached hydrogens (tertiary/aromatic N) is 3. The Morgan fingerprint density at radius 3 is 2.93 bits per heavy atom. The maximum absolute atomic E-state index is 13.2. The Kier molecular flexibility index (Phi) is 2.36. The lowest BCUT2D eigenvalue weighted by Gasteiger charge is -1.94. The summed E-state index contributed by atoms with van der Waals surface area (Å²) < 4.78 is 13.2. The van der Waals surface area contributed by atoms with Crippen LogP contribution in [0.15, 0.2) is 18.3 Å². The zero-order valence-electron chi connectivity index (χ0n) is 7.36. The number of nitrogens with one attached hydrogen (secondary N) is 1. The molecule has 1 N–H and O–H groups in total. The molecule has 0 fully saturated rings. The Morgan fingerprint density at radius 2 is 2.29 bits per heavy atom. The van der Waals surface area contributed by atoms with Crippen molar-refractivity contribution in [1.82, 2.24) is 15.2 Å². The lowest BCUT2D eigenvalue weighted by Crippen LogP contribution is -1.86. The molecule has 0 aliphatic rings. The van der Waals surface area contributed by atoms with Crippen molar-refractivity contribution in [3.63, 3.8) is 0 Å². The molecule has 2 aromatic rings. The second-order valence-electron chi connectivity index (χ2n) is 2.50. The van der Waals surface area contributed by atoms with Gasteiger partial charge in [-0.15, -0.1) is 10.2 Å². The molecule has 72 valence electrons. The Morgan fingerprint density at radius 1 is 1.43 bits per heavy atom. The highest BCUT2D eigenvalue weighted by Crippen LogP contribution is 2.26. The first-order chi connectivity index (χ1) is 6.81. The van der Waals surface area contributed by atoms with Crippen molar-refractivity contribution in [1.29, 1.82) is 0 Å². The summed E-state index contributed by atoms with van der Waals surface area (Å²) in [4.78, 5) is 3.54. The molecule has 14 heavy (non-hydrogen) atoms. The van der Waals surface area contributed by atoms with Crippen LogP contribution >= 0.6 is 11.3 Å². The van der Waals surface area contributed by atoms with Gasteiger partial charge in [-0.3, -0.25) is 0 Å². The molecule has 4 nitrogen and oxygen atoms in total. The van der Waals surface area contributed by atoms with Gasteiger partial charge in [-0.25, -0.2) is 4.98 Å². The fourth-order valence-corrected chi connectivity index (χ4v) is 1.69. The third kappa shape index (κ3) is 1.56. The van der Waals surface area contributed by atoms with Gasteiger partial charge in [0, 0.05) is 13.2 Å². The van der Waals surface area contributed by atoms with Crippen LogP contribution in [0, 0.1) is 5.95 Å². The van der Waals surface area contributed by atoms with Gasteiger partial charge in [-0.05, 0) is 12.1 Å². The molecule has 0 atom stereocenters.